The number of hydrogen-bond donors (Lipinski definition) is 2. The molecule has 0 aliphatic rings. The number of aromatic nitrogens is 1. The fraction of sp³-hybridized carbons (Fsp3) is 0.0833. The number of benzene rings is 3. The van der Waals surface area contributed by atoms with E-state index < -0.39 is 15.3 Å². The summed E-state index contributed by atoms with van der Waals surface area (Å²) >= 11 is 1.39. The monoisotopic (exact) mass is 463 g/mol. The third kappa shape index (κ3) is 5.34. The number of amides is 1. The standard InChI is InChI=1S/C24H21N3O3S2/c25-32(29,30)20-13-10-17(11-14-20)16-26-24(28)23(19-7-2-1-3-8-19)31-22-15-12-18-6-4-5-9-21(18)27-22/h1-15,23H,16H2,(H,26,28)(H2,25,29,30)/t23-/m0/s1. The third-order valence-corrected chi connectivity index (χ3v) is 6.99. The van der Waals surface area contributed by atoms with Crippen LogP contribution >= 0.6 is 11.8 Å². The number of rotatable bonds is 7. The molecule has 0 saturated heterocycles. The number of sulfonamides is 1. The number of nitrogens with one attached hydrogen (secondary N) is 1. The highest BCUT2D eigenvalue weighted by molar-refractivity contribution is 8.00. The molecule has 8 heteroatoms. The number of primary sulfonamides is 1. The van der Waals surface area contributed by atoms with Gasteiger partial charge in [0.1, 0.15) is 5.25 Å². The van der Waals surface area contributed by atoms with Crippen LogP contribution in [-0.4, -0.2) is 19.3 Å². The first-order valence-electron chi connectivity index (χ1n) is 9.87. The van der Waals surface area contributed by atoms with Gasteiger partial charge in [-0.3, -0.25) is 4.79 Å². The molecule has 1 amide bonds. The molecule has 0 aliphatic carbocycles. The molecule has 0 aliphatic heterocycles. The summed E-state index contributed by atoms with van der Waals surface area (Å²) in [6, 6.07) is 27.4. The summed E-state index contributed by atoms with van der Waals surface area (Å²) in [6.07, 6.45) is 0. The van der Waals surface area contributed by atoms with Crippen LogP contribution in [0.3, 0.4) is 0 Å². The molecule has 32 heavy (non-hydrogen) atoms. The van der Waals surface area contributed by atoms with Gasteiger partial charge in [-0.2, -0.15) is 0 Å². The fourth-order valence-electron chi connectivity index (χ4n) is 3.21. The van der Waals surface area contributed by atoms with E-state index in [1.54, 1.807) is 12.1 Å². The second-order valence-corrected chi connectivity index (χ2v) is 9.84. The van der Waals surface area contributed by atoms with Crippen LogP contribution in [0.5, 0.6) is 0 Å². The minimum atomic E-state index is -3.75. The summed E-state index contributed by atoms with van der Waals surface area (Å²) < 4.78 is 22.8. The van der Waals surface area contributed by atoms with Crippen molar-refractivity contribution in [3.8, 4) is 0 Å². The topological polar surface area (TPSA) is 102 Å². The molecule has 4 aromatic rings. The highest BCUT2D eigenvalue weighted by Gasteiger charge is 2.22. The summed E-state index contributed by atoms with van der Waals surface area (Å²) in [5.74, 6) is -0.160. The zero-order chi connectivity index (χ0) is 22.6. The number of thioether (sulfide) groups is 1. The Morgan fingerprint density at radius 2 is 1.59 bits per heavy atom. The van der Waals surface area contributed by atoms with Crippen molar-refractivity contribution in [2.24, 2.45) is 5.14 Å². The molecule has 0 spiro atoms. The van der Waals surface area contributed by atoms with Crippen molar-refractivity contribution in [1.29, 1.82) is 0 Å². The second kappa shape index (κ2) is 9.52. The molecule has 6 nitrogen and oxygen atoms in total. The van der Waals surface area contributed by atoms with E-state index in [1.807, 2.05) is 66.7 Å². The number of nitrogens with two attached hydrogens (primary N) is 1. The van der Waals surface area contributed by atoms with Gasteiger partial charge in [0.2, 0.25) is 15.9 Å². The molecule has 3 aromatic carbocycles. The zero-order valence-corrected chi connectivity index (χ0v) is 18.6. The molecule has 1 atom stereocenters. The Labute approximate surface area is 190 Å². The molecule has 1 aromatic heterocycles. The number of carbonyl (C=O) groups excluding carboxylic acids is 1. The lowest BCUT2D eigenvalue weighted by Gasteiger charge is -2.17. The number of pyridine rings is 1. The van der Waals surface area contributed by atoms with Crippen molar-refractivity contribution in [2.75, 3.05) is 0 Å². The summed E-state index contributed by atoms with van der Waals surface area (Å²) in [4.78, 5) is 17.9. The molecule has 162 valence electrons. The number of carbonyl (C=O) groups is 1. The van der Waals surface area contributed by atoms with Crippen LogP contribution in [0.1, 0.15) is 16.4 Å². The van der Waals surface area contributed by atoms with E-state index in [9.17, 15) is 13.2 Å². The van der Waals surface area contributed by atoms with Gasteiger partial charge < -0.3 is 5.32 Å². The number of fused-ring (bicyclic) bond motifs is 1. The molecule has 0 fully saturated rings. The lowest BCUT2D eigenvalue weighted by Crippen LogP contribution is -2.27. The van der Waals surface area contributed by atoms with E-state index in [1.165, 1.54) is 23.9 Å². The van der Waals surface area contributed by atoms with Gasteiger partial charge in [0.25, 0.3) is 0 Å². The average molecular weight is 464 g/mol. The van der Waals surface area contributed by atoms with Crippen LogP contribution in [0.15, 0.2) is 101 Å². The van der Waals surface area contributed by atoms with Crippen LogP contribution in [0.25, 0.3) is 10.9 Å². The minimum absolute atomic E-state index is 0.0349. The Balaban J connectivity index is 1.52. The van der Waals surface area contributed by atoms with Gasteiger partial charge in [-0.05, 0) is 35.4 Å². The van der Waals surface area contributed by atoms with E-state index in [2.05, 4.69) is 10.3 Å². The predicted molar refractivity (Wildman–Crippen MR) is 126 cm³/mol. The highest BCUT2D eigenvalue weighted by Crippen LogP contribution is 2.35. The van der Waals surface area contributed by atoms with E-state index in [0.717, 1.165) is 27.1 Å². The molecule has 4 rings (SSSR count). The second-order valence-electron chi connectivity index (χ2n) is 7.16. The van der Waals surface area contributed by atoms with E-state index in [4.69, 9.17) is 5.14 Å². The average Bonchev–Trinajstić information content (AvgIpc) is 2.81. The largest absolute Gasteiger partial charge is 0.351 e. The SMILES string of the molecule is NS(=O)(=O)c1ccc(CNC(=O)[C@@H](Sc2ccc3ccccc3n2)c2ccccc2)cc1. The highest BCUT2D eigenvalue weighted by atomic mass is 32.2. The van der Waals surface area contributed by atoms with Gasteiger partial charge >= 0.3 is 0 Å². The lowest BCUT2D eigenvalue weighted by atomic mass is 10.1. The molecule has 0 radical (unpaired) electrons. The van der Waals surface area contributed by atoms with Gasteiger partial charge in [0, 0.05) is 11.9 Å². The Bertz CT molecular complexity index is 1340. The maximum atomic E-state index is 13.1. The quantitative estimate of drug-likeness (QED) is 0.403. The van der Waals surface area contributed by atoms with Gasteiger partial charge in [0.05, 0.1) is 15.4 Å². The number of para-hydroxylation sites is 1. The van der Waals surface area contributed by atoms with Crippen LogP contribution in [-0.2, 0) is 21.4 Å². The maximum Gasteiger partial charge on any atom is 0.238 e. The fourth-order valence-corrected chi connectivity index (χ4v) is 4.75. The van der Waals surface area contributed by atoms with E-state index >= 15 is 0 Å². The van der Waals surface area contributed by atoms with Crippen molar-refractivity contribution in [2.45, 2.75) is 21.7 Å². The number of nitrogens with zero attached hydrogens (tertiary/aromatic N) is 1. The van der Waals surface area contributed by atoms with Crippen LogP contribution < -0.4 is 10.5 Å². The van der Waals surface area contributed by atoms with Crippen molar-refractivity contribution in [3.05, 3.63) is 102 Å². The maximum absolute atomic E-state index is 13.1. The zero-order valence-electron chi connectivity index (χ0n) is 17.0. The summed E-state index contributed by atoms with van der Waals surface area (Å²) in [5.41, 5.74) is 2.51. The molecular weight excluding hydrogens is 442 g/mol. The van der Waals surface area contributed by atoms with Crippen molar-refractivity contribution < 1.29 is 13.2 Å². The lowest BCUT2D eigenvalue weighted by molar-refractivity contribution is -0.120. The van der Waals surface area contributed by atoms with Gasteiger partial charge in [-0.1, -0.05) is 78.5 Å². The summed E-state index contributed by atoms with van der Waals surface area (Å²) in [6.45, 7) is 0.263. The molecular formula is C24H21N3O3S2. The van der Waals surface area contributed by atoms with Gasteiger partial charge in [-0.25, -0.2) is 18.5 Å². The molecule has 0 bridgehead atoms. The van der Waals surface area contributed by atoms with Crippen molar-refractivity contribution >= 4 is 38.6 Å². The first kappa shape index (κ1) is 22.0. The first-order chi connectivity index (χ1) is 15.4. The Morgan fingerprint density at radius 1 is 0.906 bits per heavy atom. The number of hydrogen-bond acceptors (Lipinski definition) is 5. The van der Waals surface area contributed by atoms with E-state index in [-0.39, 0.29) is 17.3 Å². The Morgan fingerprint density at radius 3 is 2.31 bits per heavy atom. The smallest absolute Gasteiger partial charge is 0.238 e. The van der Waals surface area contributed by atoms with Crippen molar-refractivity contribution in [3.63, 3.8) is 0 Å². The van der Waals surface area contributed by atoms with Crippen LogP contribution in [0.2, 0.25) is 0 Å². The summed E-state index contributed by atoms with van der Waals surface area (Å²) in [7, 11) is -3.75. The predicted octanol–water partition coefficient (Wildman–Crippen LogP) is 4.03. The molecule has 3 N–H and O–H groups in total. The Hall–Kier alpha value is -3.20. The Kier molecular flexibility index (Phi) is 6.55. The van der Waals surface area contributed by atoms with Crippen LogP contribution in [0, 0.1) is 0 Å². The minimum Gasteiger partial charge on any atom is -0.351 e. The summed E-state index contributed by atoms with van der Waals surface area (Å²) in [5, 5.41) is 9.38. The van der Waals surface area contributed by atoms with Gasteiger partial charge in [0.15, 0.2) is 0 Å². The first-order valence-corrected chi connectivity index (χ1v) is 12.3. The molecule has 0 saturated carbocycles. The van der Waals surface area contributed by atoms with Crippen LogP contribution in [0.4, 0.5) is 0 Å². The van der Waals surface area contributed by atoms with E-state index in [0.29, 0.717) is 0 Å². The molecule has 0 unspecified atom stereocenters. The van der Waals surface area contributed by atoms with Gasteiger partial charge in [-0.15, -0.1) is 0 Å². The molecule has 1 heterocycles. The van der Waals surface area contributed by atoms with Crippen molar-refractivity contribution in [1.82, 2.24) is 10.3 Å². The normalized spacial score (nSPS) is 12.4. The third-order valence-electron chi connectivity index (χ3n) is 4.87.